The molecule has 0 aliphatic rings. The van der Waals surface area contributed by atoms with Gasteiger partial charge in [-0.3, -0.25) is 0 Å². The van der Waals surface area contributed by atoms with Crippen molar-refractivity contribution in [1.29, 1.82) is 0 Å². The van der Waals surface area contributed by atoms with Crippen molar-refractivity contribution in [3.8, 4) is 5.75 Å². The number of aryl methyl sites for hydroxylation is 1. The SMILES string of the molecule is CCOc1c(C)cc(Cl)cc1CC(N)CC.Cl. The second-order valence-corrected chi connectivity index (χ2v) is 4.45. The first-order valence-corrected chi connectivity index (χ1v) is 6.13. The van der Waals surface area contributed by atoms with Gasteiger partial charge >= 0.3 is 0 Å². The first-order chi connectivity index (χ1) is 7.58. The van der Waals surface area contributed by atoms with Gasteiger partial charge in [0, 0.05) is 11.1 Å². The summed E-state index contributed by atoms with van der Waals surface area (Å²) in [7, 11) is 0. The van der Waals surface area contributed by atoms with Crippen LogP contribution in [-0.2, 0) is 6.42 Å². The van der Waals surface area contributed by atoms with Crippen LogP contribution in [0.4, 0.5) is 0 Å². The minimum Gasteiger partial charge on any atom is -0.493 e. The maximum Gasteiger partial charge on any atom is 0.125 e. The van der Waals surface area contributed by atoms with Crippen LogP contribution in [0.3, 0.4) is 0 Å². The molecule has 0 bridgehead atoms. The highest BCUT2D eigenvalue weighted by Crippen LogP contribution is 2.29. The van der Waals surface area contributed by atoms with Crippen LogP contribution >= 0.6 is 24.0 Å². The van der Waals surface area contributed by atoms with E-state index in [4.69, 9.17) is 22.1 Å². The number of ether oxygens (including phenoxy) is 1. The Hall–Kier alpha value is -0.440. The van der Waals surface area contributed by atoms with E-state index in [0.29, 0.717) is 6.61 Å². The zero-order valence-electron chi connectivity index (χ0n) is 10.6. The number of halogens is 2. The number of rotatable bonds is 5. The third kappa shape index (κ3) is 4.74. The van der Waals surface area contributed by atoms with Gasteiger partial charge in [-0.15, -0.1) is 12.4 Å². The van der Waals surface area contributed by atoms with E-state index in [2.05, 4.69) is 6.92 Å². The van der Waals surface area contributed by atoms with Crippen LogP contribution in [0.1, 0.15) is 31.4 Å². The van der Waals surface area contributed by atoms with Crippen molar-refractivity contribution < 1.29 is 4.74 Å². The smallest absolute Gasteiger partial charge is 0.125 e. The average Bonchev–Trinajstić information content (AvgIpc) is 2.23. The zero-order chi connectivity index (χ0) is 12.1. The Kier molecular flexibility index (Phi) is 7.60. The van der Waals surface area contributed by atoms with Crippen molar-refractivity contribution in [2.75, 3.05) is 6.61 Å². The van der Waals surface area contributed by atoms with Gasteiger partial charge in [-0.1, -0.05) is 18.5 Å². The van der Waals surface area contributed by atoms with Gasteiger partial charge in [0.05, 0.1) is 6.61 Å². The molecule has 1 unspecified atom stereocenters. The van der Waals surface area contributed by atoms with E-state index < -0.39 is 0 Å². The molecular weight excluding hydrogens is 257 g/mol. The van der Waals surface area contributed by atoms with Crippen LogP contribution in [0.2, 0.25) is 5.02 Å². The van der Waals surface area contributed by atoms with Crippen LogP contribution < -0.4 is 10.5 Å². The lowest BCUT2D eigenvalue weighted by Crippen LogP contribution is -2.22. The maximum atomic E-state index is 6.05. The van der Waals surface area contributed by atoms with E-state index in [1.165, 1.54) is 0 Å². The Balaban J connectivity index is 0.00000256. The molecule has 1 aromatic rings. The molecule has 0 amide bonds. The largest absolute Gasteiger partial charge is 0.493 e. The Labute approximate surface area is 115 Å². The van der Waals surface area contributed by atoms with E-state index in [1.54, 1.807) is 0 Å². The minimum absolute atomic E-state index is 0. The molecule has 0 saturated heterocycles. The summed E-state index contributed by atoms with van der Waals surface area (Å²) in [5, 5.41) is 0.749. The summed E-state index contributed by atoms with van der Waals surface area (Å²) in [6, 6.07) is 4.04. The molecule has 1 aromatic carbocycles. The first kappa shape index (κ1) is 16.6. The zero-order valence-corrected chi connectivity index (χ0v) is 12.2. The summed E-state index contributed by atoms with van der Waals surface area (Å²) in [5.41, 5.74) is 8.16. The van der Waals surface area contributed by atoms with Gasteiger partial charge in [0.25, 0.3) is 0 Å². The van der Waals surface area contributed by atoms with Crippen LogP contribution in [0, 0.1) is 6.92 Å². The fourth-order valence-electron chi connectivity index (χ4n) is 1.73. The first-order valence-electron chi connectivity index (χ1n) is 5.75. The number of nitrogens with two attached hydrogens (primary N) is 1. The van der Waals surface area contributed by atoms with E-state index in [1.807, 2.05) is 26.0 Å². The molecule has 0 aromatic heterocycles. The van der Waals surface area contributed by atoms with Crippen LogP contribution in [0.25, 0.3) is 0 Å². The molecule has 0 heterocycles. The highest BCUT2D eigenvalue weighted by molar-refractivity contribution is 6.30. The molecular formula is C13H21Cl2NO. The molecule has 0 aliphatic heterocycles. The minimum atomic E-state index is 0. The quantitative estimate of drug-likeness (QED) is 0.890. The van der Waals surface area contributed by atoms with Crippen molar-refractivity contribution in [3.63, 3.8) is 0 Å². The van der Waals surface area contributed by atoms with E-state index in [9.17, 15) is 0 Å². The maximum absolute atomic E-state index is 6.05. The molecule has 0 radical (unpaired) electrons. The summed E-state index contributed by atoms with van der Waals surface area (Å²) < 4.78 is 5.65. The summed E-state index contributed by atoms with van der Waals surface area (Å²) in [5.74, 6) is 0.941. The average molecular weight is 278 g/mol. The molecule has 0 saturated carbocycles. The van der Waals surface area contributed by atoms with Gasteiger partial charge in [-0.05, 0) is 49.9 Å². The third-order valence-electron chi connectivity index (χ3n) is 2.61. The molecule has 1 atom stereocenters. The van der Waals surface area contributed by atoms with Gasteiger partial charge in [0.15, 0.2) is 0 Å². The Morgan fingerprint density at radius 1 is 1.35 bits per heavy atom. The predicted octanol–water partition coefficient (Wildman–Crippen LogP) is 3.75. The molecule has 0 aliphatic carbocycles. The van der Waals surface area contributed by atoms with Crippen LogP contribution in [0.15, 0.2) is 12.1 Å². The summed E-state index contributed by atoms with van der Waals surface area (Å²) in [6.45, 7) is 6.74. The third-order valence-corrected chi connectivity index (χ3v) is 2.83. The summed E-state index contributed by atoms with van der Waals surface area (Å²) >= 11 is 6.05. The predicted molar refractivity (Wildman–Crippen MR) is 76.6 cm³/mol. The van der Waals surface area contributed by atoms with Crippen molar-refractivity contribution in [3.05, 3.63) is 28.3 Å². The number of hydrogen-bond acceptors (Lipinski definition) is 2. The van der Waals surface area contributed by atoms with Gasteiger partial charge in [-0.25, -0.2) is 0 Å². The standard InChI is InChI=1S/C13H20ClNO.ClH/c1-4-12(15)8-10-7-11(14)6-9(3)13(10)16-5-2;/h6-7,12H,4-5,8,15H2,1-3H3;1H. The van der Waals surface area contributed by atoms with Gasteiger partial charge in [0.1, 0.15) is 5.75 Å². The Morgan fingerprint density at radius 3 is 2.53 bits per heavy atom. The fraction of sp³-hybridized carbons (Fsp3) is 0.538. The van der Waals surface area contributed by atoms with Crippen molar-refractivity contribution >= 4 is 24.0 Å². The second-order valence-electron chi connectivity index (χ2n) is 4.02. The highest BCUT2D eigenvalue weighted by Gasteiger charge is 2.11. The van der Waals surface area contributed by atoms with E-state index in [-0.39, 0.29) is 18.4 Å². The number of hydrogen-bond donors (Lipinski definition) is 1. The summed E-state index contributed by atoms with van der Waals surface area (Å²) in [4.78, 5) is 0. The molecule has 4 heteroatoms. The molecule has 0 spiro atoms. The second kappa shape index (κ2) is 7.80. The molecule has 17 heavy (non-hydrogen) atoms. The van der Waals surface area contributed by atoms with E-state index in [0.717, 1.165) is 34.7 Å². The van der Waals surface area contributed by atoms with Gasteiger partial charge < -0.3 is 10.5 Å². The Bertz CT molecular complexity index is 356. The molecule has 2 nitrogen and oxygen atoms in total. The monoisotopic (exact) mass is 277 g/mol. The lowest BCUT2D eigenvalue weighted by molar-refractivity contribution is 0.333. The molecule has 0 fully saturated rings. The lowest BCUT2D eigenvalue weighted by Gasteiger charge is -2.16. The Morgan fingerprint density at radius 2 is 2.00 bits per heavy atom. The lowest BCUT2D eigenvalue weighted by atomic mass is 10.0. The topological polar surface area (TPSA) is 35.2 Å². The van der Waals surface area contributed by atoms with Gasteiger partial charge in [0.2, 0.25) is 0 Å². The fourth-order valence-corrected chi connectivity index (χ4v) is 2.02. The van der Waals surface area contributed by atoms with Crippen molar-refractivity contribution in [1.82, 2.24) is 0 Å². The molecule has 2 N–H and O–H groups in total. The van der Waals surface area contributed by atoms with Crippen LogP contribution in [-0.4, -0.2) is 12.6 Å². The van der Waals surface area contributed by atoms with Crippen LogP contribution in [0.5, 0.6) is 5.75 Å². The number of benzene rings is 1. The highest BCUT2D eigenvalue weighted by atomic mass is 35.5. The van der Waals surface area contributed by atoms with Crippen molar-refractivity contribution in [2.24, 2.45) is 5.73 Å². The van der Waals surface area contributed by atoms with Crippen molar-refractivity contribution in [2.45, 2.75) is 39.7 Å². The van der Waals surface area contributed by atoms with E-state index >= 15 is 0 Å². The normalized spacial score (nSPS) is 11.8. The van der Waals surface area contributed by atoms with Gasteiger partial charge in [-0.2, -0.15) is 0 Å². The summed E-state index contributed by atoms with van der Waals surface area (Å²) in [6.07, 6.45) is 1.77. The molecule has 1 rings (SSSR count). The molecule has 98 valence electrons.